The van der Waals surface area contributed by atoms with Crippen molar-refractivity contribution in [3.8, 4) is 27.9 Å². The maximum Gasteiger partial charge on any atom is 0.0544 e. The molecule has 0 fully saturated rings. The summed E-state index contributed by atoms with van der Waals surface area (Å²) in [5.74, 6) is 0. The summed E-state index contributed by atoms with van der Waals surface area (Å²) in [5, 5.41) is 2.61. The Bertz CT molecular complexity index is 1810. The number of aromatic nitrogens is 1. The van der Waals surface area contributed by atoms with E-state index >= 15 is 0 Å². The van der Waals surface area contributed by atoms with Crippen LogP contribution in [0.5, 0.6) is 0 Å². The van der Waals surface area contributed by atoms with Gasteiger partial charge in [0.05, 0.1) is 11.0 Å². The number of rotatable bonds is 2. The Kier molecular flexibility index (Phi) is 4.39. The second-order valence-corrected chi connectivity index (χ2v) is 10.9. The van der Waals surface area contributed by atoms with Gasteiger partial charge in [-0.3, -0.25) is 0 Å². The van der Waals surface area contributed by atoms with E-state index in [-0.39, 0.29) is 5.41 Å². The first kappa shape index (κ1) is 21.2. The molecule has 0 aliphatic heterocycles. The molecule has 0 saturated carbocycles. The van der Waals surface area contributed by atoms with Gasteiger partial charge in [-0.2, -0.15) is 0 Å². The molecule has 36 heavy (non-hydrogen) atoms. The van der Waals surface area contributed by atoms with Crippen LogP contribution in [0.1, 0.15) is 36.1 Å². The van der Waals surface area contributed by atoms with Crippen LogP contribution < -0.4 is 0 Å². The summed E-state index contributed by atoms with van der Waals surface area (Å²) in [6, 6.07) is 38.5. The van der Waals surface area contributed by atoms with Crippen LogP contribution in [-0.4, -0.2) is 4.57 Å². The van der Waals surface area contributed by atoms with E-state index in [1.165, 1.54) is 72.0 Å². The van der Waals surface area contributed by atoms with Gasteiger partial charge >= 0.3 is 0 Å². The third-order valence-electron chi connectivity index (χ3n) is 8.11. The van der Waals surface area contributed by atoms with E-state index in [9.17, 15) is 0 Å². The van der Waals surface area contributed by atoms with Gasteiger partial charge in [0, 0.05) is 21.9 Å². The molecule has 1 heteroatoms. The lowest BCUT2D eigenvalue weighted by molar-refractivity contribution is 0.661. The van der Waals surface area contributed by atoms with Crippen molar-refractivity contribution < 1.29 is 0 Å². The lowest BCUT2D eigenvalue weighted by Gasteiger charge is -2.21. The third-order valence-corrected chi connectivity index (χ3v) is 8.11. The zero-order valence-electron chi connectivity index (χ0n) is 21.3. The van der Waals surface area contributed by atoms with Gasteiger partial charge in [0.25, 0.3) is 0 Å². The van der Waals surface area contributed by atoms with Gasteiger partial charge in [0.15, 0.2) is 0 Å². The van der Waals surface area contributed by atoms with E-state index in [4.69, 9.17) is 0 Å². The molecule has 1 aliphatic rings. The highest BCUT2D eigenvalue weighted by atomic mass is 15.0. The molecule has 0 spiro atoms. The summed E-state index contributed by atoms with van der Waals surface area (Å²) in [5.41, 5.74) is 14.3. The average molecular weight is 464 g/mol. The Balaban J connectivity index is 1.59. The molecule has 1 heterocycles. The number of benzene rings is 5. The normalized spacial score (nSPS) is 13.8. The van der Waals surface area contributed by atoms with Gasteiger partial charge in [-0.1, -0.05) is 86.1 Å². The molecule has 1 nitrogen and oxygen atoms in total. The highest BCUT2D eigenvalue weighted by molar-refractivity contribution is 6.12. The predicted molar refractivity (Wildman–Crippen MR) is 153 cm³/mol. The van der Waals surface area contributed by atoms with Crippen molar-refractivity contribution in [2.24, 2.45) is 0 Å². The first-order valence-corrected chi connectivity index (χ1v) is 12.8. The van der Waals surface area contributed by atoms with Gasteiger partial charge in [-0.05, 0) is 89.2 Å². The Morgan fingerprint density at radius 2 is 1.28 bits per heavy atom. The molecule has 1 aromatic heterocycles. The Morgan fingerprint density at radius 3 is 2.08 bits per heavy atom. The van der Waals surface area contributed by atoms with Gasteiger partial charge < -0.3 is 4.57 Å². The van der Waals surface area contributed by atoms with E-state index < -0.39 is 0 Å². The van der Waals surface area contributed by atoms with E-state index in [0.29, 0.717) is 0 Å². The van der Waals surface area contributed by atoms with E-state index in [0.717, 1.165) is 0 Å². The van der Waals surface area contributed by atoms with Crippen molar-refractivity contribution in [1.82, 2.24) is 4.57 Å². The Hall–Kier alpha value is -4.10. The zero-order chi connectivity index (χ0) is 24.6. The molecule has 7 rings (SSSR count). The van der Waals surface area contributed by atoms with Crippen molar-refractivity contribution >= 4 is 21.8 Å². The van der Waals surface area contributed by atoms with Gasteiger partial charge in [-0.25, -0.2) is 0 Å². The van der Waals surface area contributed by atoms with Crippen LogP contribution >= 0.6 is 0 Å². The highest BCUT2D eigenvalue weighted by Gasteiger charge is 2.36. The molecule has 0 unspecified atom stereocenters. The van der Waals surface area contributed by atoms with Gasteiger partial charge in [0.2, 0.25) is 0 Å². The topological polar surface area (TPSA) is 4.93 Å². The minimum absolute atomic E-state index is 0.0267. The second kappa shape index (κ2) is 7.45. The fourth-order valence-electron chi connectivity index (χ4n) is 6.18. The molecule has 0 amide bonds. The van der Waals surface area contributed by atoms with E-state index in [1.54, 1.807) is 0 Å². The fourth-order valence-corrected chi connectivity index (χ4v) is 6.18. The first-order chi connectivity index (χ1) is 17.4. The number of hydrogen-bond donors (Lipinski definition) is 0. The maximum atomic E-state index is 2.46. The van der Waals surface area contributed by atoms with Crippen LogP contribution in [0.4, 0.5) is 0 Å². The molecule has 0 N–H and O–H groups in total. The standard InChI is InChI=1S/C35H29N/c1-22-12-14-24(15-13-22)25-16-17-33-29(19-25)30-20-28-27-10-5-6-11-31(27)35(3,4)32(28)21-34(30)36(33)26-9-7-8-23(2)18-26/h5-21H,1-4H3. The number of aryl methyl sites for hydroxylation is 2. The summed E-state index contributed by atoms with van der Waals surface area (Å²) in [6.07, 6.45) is 0. The molecule has 6 aromatic rings. The lowest BCUT2D eigenvalue weighted by atomic mass is 9.82. The molecular formula is C35H29N. The molecule has 0 bridgehead atoms. The monoisotopic (exact) mass is 463 g/mol. The molecule has 0 saturated heterocycles. The van der Waals surface area contributed by atoms with Crippen LogP contribution in [0.3, 0.4) is 0 Å². The van der Waals surface area contributed by atoms with Crippen molar-refractivity contribution in [2.45, 2.75) is 33.1 Å². The SMILES string of the molecule is Cc1ccc(-c2ccc3c(c2)c2cc4c(cc2n3-c2cccc(C)c2)C(C)(C)c2ccccc2-4)cc1. The molecule has 1 aliphatic carbocycles. The van der Waals surface area contributed by atoms with Crippen molar-refractivity contribution in [2.75, 3.05) is 0 Å². The fraction of sp³-hybridized carbons (Fsp3) is 0.143. The summed E-state index contributed by atoms with van der Waals surface area (Å²) < 4.78 is 2.45. The quantitative estimate of drug-likeness (QED) is 0.241. The van der Waals surface area contributed by atoms with Crippen LogP contribution in [0.2, 0.25) is 0 Å². The number of nitrogens with zero attached hydrogens (tertiary/aromatic N) is 1. The molecule has 5 aromatic carbocycles. The average Bonchev–Trinajstić information content (AvgIpc) is 3.32. The van der Waals surface area contributed by atoms with Crippen molar-refractivity contribution in [3.05, 3.63) is 125 Å². The van der Waals surface area contributed by atoms with Crippen LogP contribution in [0, 0.1) is 13.8 Å². The zero-order valence-corrected chi connectivity index (χ0v) is 21.3. The third kappa shape index (κ3) is 2.96. The maximum absolute atomic E-state index is 2.46. The molecule has 0 radical (unpaired) electrons. The molecule has 174 valence electrons. The Labute approximate surface area is 212 Å². The van der Waals surface area contributed by atoms with E-state index in [1.807, 2.05) is 0 Å². The van der Waals surface area contributed by atoms with Crippen molar-refractivity contribution in [3.63, 3.8) is 0 Å². The number of fused-ring (bicyclic) bond motifs is 6. The summed E-state index contributed by atoms with van der Waals surface area (Å²) in [6.45, 7) is 9.03. The summed E-state index contributed by atoms with van der Waals surface area (Å²) in [4.78, 5) is 0. The summed E-state index contributed by atoms with van der Waals surface area (Å²) >= 11 is 0. The van der Waals surface area contributed by atoms with Gasteiger partial charge in [-0.15, -0.1) is 0 Å². The molecule has 0 atom stereocenters. The smallest absolute Gasteiger partial charge is 0.0544 e. The first-order valence-electron chi connectivity index (χ1n) is 12.8. The predicted octanol–water partition coefficient (Wildman–Crippen LogP) is 9.37. The Morgan fingerprint density at radius 1 is 0.528 bits per heavy atom. The van der Waals surface area contributed by atoms with E-state index in [2.05, 4.69) is 135 Å². The minimum Gasteiger partial charge on any atom is -0.309 e. The minimum atomic E-state index is -0.0267. The van der Waals surface area contributed by atoms with Crippen LogP contribution in [0.15, 0.2) is 103 Å². The second-order valence-electron chi connectivity index (χ2n) is 10.9. The van der Waals surface area contributed by atoms with Crippen molar-refractivity contribution in [1.29, 1.82) is 0 Å². The number of hydrogen-bond acceptors (Lipinski definition) is 0. The molecular weight excluding hydrogens is 434 g/mol. The largest absolute Gasteiger partial charge is 0.309 e. The lowest BCUT2D eigenvalue weighted by Crippen LogP contribution is -2.14. The van der Waals surface area contributed by atoms with Crippen LogP contribution in [0.25, 0.3) is 49.7 Å². The highest BCUT2D eigenvalue weighted by Crippen LogP contribution is 2.51. The summed E-state index contributed by atoms with van der Waals surface area (Å²) in [7, 11) is 0. The van der Waals surface area contributed by atoms with Gasteiger partial charge in [0.1, 0.15) is 0 Å². The van der Waals surface area contributed by atoms with Crippen LogP contribution in [-0.2, 0) is 5.41 Å².